The Morgan fingerprint density at radius 1 is 1.43 bits per heavy atom. The summed E-state index contributed by atoms with van der Waals surface area (Å²) in [7, 11) is 3.84. The van der Waals surface area contributed by atoms with E-state index in [1.165, 1.54) is 0 Å². The van der Waals surface area contributed by atoms with Crippen LogP contribution < -0.4 is 0 Å². The van der Waals surface area contributed by atoms with Gasteiger partial charge < -0.3 is 10.0 Å². The van der Waals surface area contributed by atoms with Crippen LogP contribution in [0.2, 0.25) is 0 Å². The minimum atomic E-state index is 0.0966. The molecule has 0 aromatic heterocycles. The summed E-state index contributed by atoms with van der Waals surface area (Å²) in [6.07, 6.45) is 0.682. The van der Waals surface area contributed by atoms with E-state index in [0.717, 1.165) is 11.1 Å². The zero-order valence-corrected chi connectivity index (χ0v) is 8.74. The molecule has 0 atom stereocenters. The van der Waals surface area contributed by atoms with Gasteiger partial charge in [-0.2, -0.15) is 0 Å². The molecule has 3 heteroatoms. The highest BCUT2D eigenvalue weighted by molar-refractivity contribution is 5.80. The number of phenolic OH excluding ortho intramolecular Hbond substituents is 1. The third-order valence-electron chi connectivity index (χ3n) is 1.98. The number of aryl methyl sites for hydroxylation is 1. The molecule has 0 fully saturated rings. The van der Waals surface area contributed by atoms with E-state index in [4.69, 9.17) is 0 Å². The number of carbonyl (C=O) groups excluding carboxylic acids is 1. The molecule has 1 aromatic carbocycles. The van der Waals surface area contributed by atoms with Crippen LogP contribution in [0.5, 0.6) is 5.75 Å². The Labute approximate surface area is 84.0 Å². The van der Waals surface area contributed by atoms with Crippen LogP contribution in [0.4, 0.5) is 0 Å². The van der Waals surface area contributed by atoms with Gasteiger partial charge in [-0.1, -0.05) is 6.07 Å². The Hall–Kier alpha value is -1.35. The normalized spacial score (nSPS) is 10.6. The molecule has 0 heterocycles. The summed E-state index contributed by atoms with van der Waals surface area (Å²) < 4.78 is 0. The van der Waals surface area contributed by atoms with E-state index in [-0.39, 0.29) is 5.75 Å². The van der Waals surface area contributed by atoms with Crippen molar-refractivity contribution in [3.63, 3.8) is 0 Å². The first-order valence-electron chi connectivity index (χ1n) is 4.47. The van der Waals surface area contributed by atoms with E-state index in [9.17, 15) is 9.90 Å². The van der Waals surface area contributed by atoms with Crippen molar-refractivity contribution < 1.29 is 9.90 Å². The SMILES string of the molecule is Cc1cc(C=O)c(O)c(CN(C)C)c1. The smallest absolute Gasteiger partial charge is 0.153 e. The fourth-order valence-electron chi connectivity index (χ4n) is 1.43. The van der Waals surface area contributed by atoms with Crippen LogP contribution in [-0.4, -0.2) is 30.4 Å². The van der Waals surface area contributed by atoms with Gasteiger partial charge in [0.15, 0.2) is 6.29 Å². The van der Waals surface area contributed by atoms with Crippen molar-refractivity contribution in [3.8, 4) is 5.75 Å². The summed E-state index contributed by atoms with van der Waals surface area (Å²) in [6.45, 7) is 2.54. The number of benzene rings is 1. The Morgan fingerprint density at radius 3 is 2.57 bits per heavy atom. The lowest BCUT2D eigenvalue weighted by molar-refractivity contribution is 0.112. The molecule has 0 unspecified atom stereocenters. The maximum atomic E-state index is 10.6. The van der Waals surface area contributed by atoms with Crippen LogP contribution in [0.15, 0.2) is 12.1 Å². The third kappa shape index (κ3) is 2.33. The third-order valence-corrected chi connectivity index (χ3v) is 1.98. The summed E-state index contributed by atoms with van der Waals surface area (Å²) in [6, 6.07) is 3.57. The van der Waals surface area contributed by atoms with E-state index < -0.39 is 0 Å². The molecule has 0 aliphatic rings. The van der Waals surface area contributed by atoms with Gasteiger partial charge >= 0.3 is 0 Å². The molecule has 0 spiro atoms. The number of hydrogen-bond acceptors (Lipinski definition) is 3. The summed E-state index contributed by atoms with van der Waals surface area (Å²) >= 11 is 0. The van der Waals surface area contributed by atoms with E-state index >= 15 is 0 Å². The molecule has 1 aromatic rings. The van der Waals surface area contributed by atoms with Crippen molar-refractivity contribution in [2.45, 2.75) is 13.5 Å². The number of carbonyl (C=O) groups is 1. The van der Waals surface area contributed by atoms with Gasteiger partial charge in [-0.15, -0.1) is 0 Å². The van der Waals surface area contributed by atoms with Gasteiger partial charge in [0, 0.05) is 12.1 Å². The van der Waals surface area contributed by atoms with Gasteiger partial charge in [-0.3, -0.25) is 4.79 Å². The quantitative estimate of drug-likeness (QED) is 0.741. The number of aromatic hydroxyl groups is 1. The van der Waals surface area contributed by atoms with Crippen LogP contribution in [0.25, 0.3) is 0 Å². The molecule has 1 N–H and O–H groups in total. The van der Waals surface area contributed by atoms with E-state index in [2.05, 4.69) is 0 Å². The van der Waals surface area contributed by atoms with Crippen LogP contribution in [0.1, 0.15) is 21.5 Å². The molecule has 0 amide bonds. The monoisotopic (exact) mass is 193 g/mol. The molecule has 0 aliphatic carbocycles. The molecule has 0 radical (unpaired) electrons. The largest absolute Gasteiger partial charge is 0.507 e. The highest BCUT2D eigenvalue weighted by Gasteiger charge is 2.08. The Morgan fingerprint density at radius 2 is 2.07 bits per heavy atom. The molecule has 0 saturated heterocycles. The molecule has 1 rings (SSSR count). The number of rotatable bonds is 3. The molecular weight excluding hydrogens is 178 g/mol. The minimum Gasteiger partial charge on any atom is -0.507 e. The second-order valence-electron chi connectivity index (χ2n) is 3.72. The average Bonchev–Trinajstić information content (AvgIpc) is 2.09. The second-order valence-corrected chi connectivity index (χ2v) is 3.72. The topological polar surface area (TPSA) is 40.5 Å². The fourth-order valence-corrected chi connectivity index (χ4v) is 1.43. The molecule has 76 valence electrons. The van der Waals surface area contributed by atoms with Crippen LogP contribution in [0.3, 0.4) is 0 Å². The molecule has 14 heavy (non-hydrogen) atoms. The fraction of sp³-hybridized carbons (Fsp3) is 0.364. The number of nitrogens with zero attached hydrogens (tertiary/aromatic N) is 1. The lowest BCUT2D eigenvalue weighted by Gasteiger charge is -2.13. The van der Waals surface area contributed by atoms with Gasteiger partial charge in [0.2, 0.25) is 0 Å². The first kappa shape index (κ1) is 10.7. The predicted molar refractivity (Wildman–Crippen MR) is 55.6 cm³/mol. The van der Waals surface area contributed by atoms with Crippen LogP contribution in [-0.2, 0) is 6.54 Å². The van der Waals surface area contributed by atoms with Crippen molar-refractivity contribution in [2.75, 3.05) is 14.1 Å². The van der Waals surface area contributed by atoms with Gasteiger partial charge in [0.1, 0.15) is 5.75 Å². The van der Waals surface area contributed by atoms with Crippen molar-refractivity contribution in [1.82, 2.24) is 4.90 Å². The maximum absolute atomic E-state index is 10.6. The molecule has 0 bridgehead atoms. The van der Waals surface area contributed by atoms with Gasteiger partial charge in [-0.25, -0.2) is 0 Å². The highest BCUT2D eigenvalue weighted by Crippen LogP contribution is 2.23. The number of hydrogen-bond donors (Lipinski definition) is 1. The second kappa shape index (κ2) is 4.24. The molecule has 0 aliphatic heterocycles. The summed E-state index contributed by atoms with van der Waals surface area (Å²) in [5.74, 6) is 0.0966. The Bertz CT molecular complexity index is 345. The Balaban J connectivity index is 3.15. The minimum absolute atomic E-state index is 0.0966. The average molecular weight is 193 g/mol. The van der Waals surface area contributed by atoms with Crippen LogP contribution in [0, 0.1) is 6.92 Å². The van der Waals surface area contributed by atoms with Crippen molar-refractivity contribution in [3.05, 3.63) is 28.8 Å². The maximum Gasteiger partial charge on any atom is 0.153 e. The number of aldehydes is 1. The van der Waals surface area contributed by atoms with Crippen molar-refractivity contribution in [2.24, 2.45) is 0 Å². The standard InChI is InChI=1S/C11H15NO2/c1-8-4-9(6-12(2)3)11(14)10(5-8)7-13/h4-5,7,14H,6H2,1-3H3. The molecule has 0 saturated carbocycles. The zero-order valence-electron chi connectivity index (χ0n) is 8.74. The van der Waals surface area contributed by atoms with Crippen molar-refractivity contribution in [1.29, 1.82) is 0 Å². The molecule has 3 nitrogen and oxygen atoms in total. The lowest BCUT2D eigenvalue weighted by Crippen LogP contribution is -2.11. The first-order chi connectivity index (χ1) is 6.54. The van der Waals surface area contributed by atoms with E-state index in [0.29, 0.717) is 18.4 Å². The summed E-state index contributed by atoms with van der Waals surface area (Å²) in [5.41, 5.74) is 2.14. The zero-order chi connectivity index (χ0) is 10.7. The van der Waals surface area contributed by atoms with Gasteiger partial charge in [-0.05, 0) is 32.6 Å². The number of phenols is 1. The van der Waals surface area contributed by atoms with Gasteiger partial charge in [0.05, 0.1) is 5.56 Å². The highest BCUT2D eigenvalue weighted by atomic mass is 16.3. The lowest BCUT2D eigenvalue weighted by atomic mass is 10.1. The predicted octanol–water partition coefficient (Wildman–Crippen LogP) is 1.57. The van der Waals surface area contributed by atoms with E-state index in [1.807, 2.05) is 32.0 Å². The van der Waals surface area contributed by atoms with Gasteiger partial charge in [0.25, 0.3) is 0 Å². The van der Waals surface area contributed by atoms with Crippen molar-refractivity contribution >= 4 is 6.29 Å². The first-order valence-corrected chi connectivity index (χ1v) is 4.47. The van der Waals surface area contributed by atoms with Crippen LogP contribution >= 0.6 is 0 Å². The summed E-state index contributed by atoms with van der Waals surface area (Å²) in [4.78, 5) is 12.6. The van der Waals surface area contributed by atoms with E-state index in [1.54, 1.807) is 6.07 Å². The summed E-state index contributed by atoms with van der Waals surface area (Å²) in [5, 5.41) is 9.70. The Kier molecular flexibility index (Phi) is 3.25. The molecular formula is C11H15NO2.